The number of rotatable bonds is 4. The Morgan fingerprint density at radius 2 is 1.82 bits per heavy atom. The highest BCUT2D eigenvalue weighted by molar-refractivity contribution is 5.79. The molecule has 0 atom stereocenters. The number of nitrogens with one attached hydrogen (secondary N) is 2. The average molecular weight is 243 g/mol. The molecule has 1 aliphatic rings. The summed E-state index contributed by atoms with van der Waals surface area (Å²) in [6, 6.07) is 0. The first-order valence-corrected chi connectivity index (χ1v) is 6.19. The van der Waals surface area contributed by atoms with Crippen molar-refractivity contribution in [1.29, 1.82) is 0 Å². The summed E-state index contributed by atoms with van der Waals surface area (Å²) in [5.74, 6) is -0.0287. The van der Waals surface area contributed by atoms with Crippen LogP contribution in [0.4, 0.5) is 0 Å². The van der Waals surface area contributed by atoms with Gasteiger partial charge in [0.1, 0.15) is 0 Å². The van der Waals surface area contributed by atoms with Crippen molar-refractivity contribution in [2.24, 2.45) is 0 Å². The molecule has 1 saturated heterocycles. The van der Waals surface area contributed by atoms with Crippen LogP contribution in [0.25, 0.3) is 0 Å². The van der Waals surface area contributed by atoms with Crippen molar-refractivity contribution in [2.75, 3.05) is 32.7 Å². The lowest BCUT2D eigenvalue weighted by Crippen LogP contribution is -2.59. The molecular weight excluding hydrogens is 218 g/mol. The summed E-state index contributed by atoms with van der Waals surface area (Å²) >= 11 is 0. The van der Waals surface area contributed by atoms with Crippen molar-refractivity contribution in [2.45, 2.75) is 38.8 Å². The number of carbonyl (C=O) groups is 1. The van der Waals surface area contributed by atoms with E-state index in [0.717, 1.165) is 26.2 Å². The molecule has 5 heteroatoms. The van der Waals surface area contributed by atoms with Crippen molar-refractivity contribution in [3.8, 4) is 0 Å². The maximum atomic E-state index is 11.9. The predicted octanol–water partition coefficient (Wildman–Crippen LogP) is -0.443. The summed E-state index contributed by atoms with van der Waals surface area (Å²) < 4.78 is 0. The molecule has 1 heterocycles. The fourth-order valence-electron chi connectivity index (χ4n) is 1.61. The SMILES string of the molecule is CC(C)(O)C(C)(C)NC(=O)CN1CCNCC1. The number of carbonyl (C=O) groups excluding carboxylic acids is 1. The van der Waals surface area contributed by atoms with Gasteiger partial charge in [-0.25, -0.2) is 0 Å². The molecule has 1 aliphatic heterocycles. The summed E-state index contributed by atoms with van der Waals surface area (Å²) in [6.45, 7) is 11.2. The highest BCUT2D eigenvalue weighted by Gasteiger charge is 2.36. The summed E-state index contributed by atoms with van der Waals surface area (Å²) in [5.41, 5.74) is -1.57. The van der Waals surface area contributed by atoms with E-state index in [1.165, 1.54) is 0 Å². The van der Waals surface area contributed by atoms with Crippen LogP contribution >= 0.6 is 0 Å². The maximum absolute atomic E-state index is 11.9. The molecule has 0 aromatic heterocycles. The number of nitrogens with zero attached hydrogens (tertiary/aromatic N) is 1. The lowest BCUT2D eigenvalue weighted by atomic mass is 9.86. The van der Waals surface area contributed by atoms with E-state index in [4.69, 9.17) is 0 Å². The van der Waals surface area contributed by atoms with Crippen LogP contribution in [0, 0.1) is 0 Å². The van der Waals surface area contributed by atoms with Gasteiger partial charge in [-0.3, -0.25) is 9.69 Å². The largest absolute Gasteiger partial charge is 0.388 e. The summed E-state index contributed by atoms with van der Waals surface area (Å²) in [7, 11) is 0. The minimum atomic E-state index is -0.938. The van der Waals surface area contributed by atoms with Crippen LogP contribution in [-0.2, 0) is 4.79 Å². The third kappa shape index (κ3) is 4.26. The molecule has 0 unspecified atom stereocenters. The molecule has 0 spiro atoms. The molecule has 100 valence electrons. The molecule has 3 N–H and O–H groups in total. The van der Waals surface area contributed by atoms with Gasteiger partial charge in [0.25, 0.3) is 0 Å². The molecule has 1 fully saturated rings. The second-order valence-corrected chi connectivity index (χ2v) is 5.76. The average Bonchev–Trinajstić information content (AvgIpc) is 2.16. The lowest BCUT2D eigenvalue weighted by molar-refractivity contribution is -0.127. The second-order valence-electron chi connectivity index (χ2n) is 5.76. The van der Waals surface area contributed by atoms with Crippen molar-refractivity contribution in [3.63, 3.8) is 0 Å². The molecular formula is C12H25N3O2. The Labute approximate surface area is 104 Å². The first kappa shape index (κ1) is 14.4. The highest BCUT2D eigenvalue weighted by Crippen LogP contribution is 2.20. The van der Waals surface area contributed by atoms with Crippen molar-refractivity contribution < 1.29 is 9.90 Å². The van der Waals surface area contributed by atoms with Gasteiger partial charge in [-0.05, 0) is 27.7 Å². The summed E-state index contributed by atoms with van der Waals surface area (Å²) in [5, 5.41) is 16.1. The zero-order valence-electron chi connectivity index (χ0n) is 11.3. The van der Waals surface area contributed by atoms with Gasteiger partial charge in [0.05, 0.1) is 17.7 Å². The van der Waals surface area contributed by atoms with Gasteiger partial charge >= 0.3 is 0 Å². The Morgan fingerprint density at radius 3 is 2.29 bits per heavy atom. The van der Waals surface area contributed by atoms with E-state index < -0.39 is 11.1 Å². The van der Waals surface area contributed by atoms with Crippen molar-refractivity contribution in [1.82, 2.24) is 15.5 Å². The van der Waals surface area contributed by atoms with E-state index in [0.29, 0.717) is 6.54 Å². The van der Waals surface area contributed by atoms with Crippen molar-refractivity contribution in [3.05, 3.63) is 0 Å². The number of hydrogen-bond donors (Lipinski definition) is 3. The Balaban J connectivity index is 2.43. The van der Waals surface area contributed by atoms with E-state index in [9.17, 15) is 9.90 Å². The topological polar surface area (TPSA) is 64.6 Å². The number of aliphatic hydroxyl groups is 1. The molecule has 5 nitrogen and oxygen atoms in total. The van der Waals surface area contributed by atoms with Gasteiger partial charge in [0.15, 0.2) is 0 Å². The quantitative estimate of drug-likeness (QED) is 0.626. The maximum Gasteiger partial charge on any atom is 0.234 e. The Hall–Kier alpha value is -0.650. The zero-order chi connectivity index (χ0) is 13.1. The molecule has 0 aromatic carbocycles. The van der Waals surface area contributed by atoms with Crippen LogP contribution < -0.4 is 10.6 Å². The Bertz CT molecular complexity index is 265. The Kier molecular flexibility index (Phi) is 4.52. The zero-order valence-corrected chi connectivity index (χ0v) is 11.3. The van der Waals surface area contributed by atoms with Crippen LogP contribution in [0.2, 0.25) is 0 Å². The Morgan fingerprint density at radius 1 is 1.29 bits per heavy atom. The van der Waals surface area contributed by atoms with E-state index in [1.807, 2.05) is 13.8 Å². The van der Waals surface area contributed by atoms with Crippen LogP contribution in [-0.4, -0.2) is 59.8 Å². The third-order valence-corrected chi connectivity index (χ3v) is 3.56. The monoisotopic (exact) mass is 243 g/mol. The first-order valence-electron chi connectivity index (χ1n) is 6.19. The van der Waals surface area contributed by atoms with Crippen molar-refractivity contribution >= 4 is 5.91 Å². The molecule has 0 radical (unpaired) electrons. The standard InChI is InChI=1S/C12H25N3O2/c1-11(2,12(3,4)17)14-10(16)9-15-7-5-13-6-8-15/h13,17H,5-9H2,1-4H3,(H,14,16). The first-order chi connectivity index (χ1) is 7.72. The second kappa shape index (κ2) is 5.33. The number of amides is 1. The minimum Gasteiger partial charge on any atom is -0.388 e. The fourth-order valence-corrected chi connectivity index (χ4v) is 1.61. The van der Waals surface area contributed by atoms with Crippen LogP contribution in [0.5, 0.6) is 0 Å². The van der Waals surface area contributed by atoms with Gasteiger partial charge in [-0.1, -0.05) is 0 Å². The smallest absolute Gasteiger partial charge is 0.234 e. The summed E-state index contributed by atoms with van der Waals surface area (Å²) in [6.07, 6.45) is 0. The normalized spacial score (nSPS) is 19.1. The molecule has 1 rings (SSSR count). The fraction of sp³-hybridized carbons (Fsp3) is 0.917. The van der Waals surface area contributed by atoms with E-state index >= 15 is 0 Å². The van der Waals surface area contributed by atoms with Gasteiger partial charge in [-0.15, -0.1) is 0 Å². The molecule has 0 aromatic rings. The molecule has 0 aliphatic carbocycles. The van der Waals surface area contributed by atoms with E-state index in [1.54, 1.807) is 13.8 Å². The van der Waals surface area contributed by atoms with Gasteiger partial charge in [0, 0.05) is 26.2 Å². The molecule has 17 heavy (non-hydrogen) atoms. The van der Waals surface area contributed by atoms with E-state index in [-0.39, 0.29) is 5.91 Å². The highest BCUT2D eigenvalue weighted by atomic mass is 16.3. The third-order valence-electron chi connectivity index (χ3n) is 3.56. The summed E-state index contributed by atoms with van der Waals surface area (Å²) in [4.78, 5) is 14.0. The van der Waals surface area contributed by atoms with Gasteiger partial charge in [0.2, 0.25) is 5.91 Å². The number of hydrogen-bond acceptors (Lipinski definition) is 4. The molecule has 0 saturated carbocycles. The van der Waals surface area contributed by atoms with Crippen LogP contribution in [0.3, 0.4) is 0 Å². The lowest BCUT2D eigenvalue weighted by Gasteiger charge is -2.38. The van der Waals surface area contributed by atoms with Gasteiger partial charge in [-0.2, -0.15) is 0 Å². The van der Waals surface area contributed by atoms with Crippen LogP contribution in [0.1, 0.15) is 27.7 Å². The predicted molar refractivity (Wildman–Crippen MR) is 67.8 cm³/mol. The van der Waals surface area contributed by atoms with Gasteiger partial charge < -0.3 is 15.7 Å². The minimum absolute atomic E-state index is 0.0287. The number of piperazine rings is 1. The molecule has 0 bridgehead atoms. The molecule has 1 amide bonds. The van der Waals surface area contributed by atoms with Crippen LogP contribution in [0.15, 0.2) is 0 Å². The van der Waals surface area contributed by atoms with E-state index in [2.05, 4.69) is 15.5 Å².